The van der Waals surface area contributed by atoms with Crippen molar-refractivity contribution in [2.24, 2.45) is 0 Å². The summed E-state index contributed by atoms with van der Waals surface area (Å²) in [5.41, 5.74) is 1.31. The number of rotatable bonds is 1. The number of carbonyl (C=O) groups excluding carboxylic acids is 1. The highest BCUT2D eigenvalue weighted by atomic mass is 79.9. The van der Waals surface area contributed by atoms with Gasteiger partial charge in [-0.05, 0) is 32.3 Å². The van der Waals surface area contributed by atoms with E-state index >= 15 is 0 Å². The van der Waals surface area contributed by atoms with Gasteiger partial charge in [0.15, 0.2) is 6.29 Å². The first-order valence-corrected chi connectivity index (χ1v) is 5.36. The molecular formula is C9H11BrOS. The monoisotopic (exact) mass is 246 g/mol. The van der Waals surface area contributed by atoms with Crippen molar-refractivity contribution in [2.75, 3.05) is 0 Å². The number of aldehydes is 1. The van der Waals surface area contributed by atoms with Crippen molar-refractivity contribution in [1.29, 1.82) is 0 Å². The van der Waals surface area contributed by atoms with Crippen LogP contribution in [0.1, 0.15) is 36.0 Å². The van der Waals surface area contributed by atoms with E-state index in [0.717, 1.165) is 15.6 Å². The van der Waals surface area contributed by atoms with Gasteiger partial charge in [0, 0.05) is 4.47 Å². The van der Waals surface area contributed by atoms with E-state index in [9.17, 15) is 4.79 Å². The largest absolute Gasteiger partial charge is 0.297 e. The first-order valence-electron chi connectivity index (χ1n) is 3.69. The molecule has 1 nitrogen and oxygen atoms in total. The van der Waals surface area contributed by atoms with E-state index in [4.69, 9.17) is 0 Å². The molecule has 3 heteroatoms. The molecule has 12 heavy (non-hydrogen) atoms. The van der Waals surface area contributed by atoms with E-state index in [1.54, 1.807) is 0 Å². The zero-order valence-corrected chi connectivity index (χ0v) is 9.75. The Bertz CT molecular complexity index is 296. The number of thiophene rings is 1. The summed E-state index contributed by atoms with van der Waals surface area (Å²) in [5, 5.41) is 2.04. The highest BCUT2D eigenvalue weighted by Gasteiger charge is 2.20. The molecule has 0 N–H and O–H groups in total. The fourth-order valence-corrected chi connectivity index (χ4v) is 3.16. The molecule has 0 bridgehead atoms. The zero-order valence-electron chi connectivity index (χ0n) is 7.35. The predicted octanol–water partition coefficient (Wildman–Crippen LogP) is 3.62. The summed E-state index contributed by atoms with van der Waals surface area (Å²) in [4.78, 5) is 11.3. The van der Waals surface area contributed by atoms with Crippen LogP contribution < -0.4 is 0 Å². The summed E-state index contributed by atoms with van der Waals surface area (Å²) >= 11 is 4.91. The van der Waals surface area contributed by atoms with Crippen LogP contribution >= 0.6 is 27.3 Å². The fourth-order valence-electron chi connectivity index (χ4n) is 0.944. The van der Waals surface area contributed by atoms with Gasteiger partial charge >= 0.3 is 0 Å². The molecule has 1 rings (SSSR count). The van der Waals surface area contributed by atoms with Gasteiger partial charge in [-0.3, -0.25) is 4.79 Å². The van der Waals surface area contributed by atoms with Crippen LogP contribution in [0.5, 0.6) is 0 Å². The molecule has 0 aliphatic carbocycles. The third-order valence-electron chi connectivity index (χ3n) is 1.67. The third kappa shape index (κ3) is 1.77. The molecule has 0 aromatic carbocycles. The minimum atomic E-state index is 0.108. The van der Waals surface area contributed by atoms with Crippen molar-refractivity contribution < 1.29 is 4.79 Å². The molecule has 0 amide bonds. The molecule has 1 heterocycles. The number of halogens is 1. The van der Waals surface area contributed by atoms with Gasteiger partial charge < -0.3 is 0 Å². The summed E-state index contributed by atoms with van der Waals surface area (Å²) in [7, 11) is 0. The second-order valence-electron chi connectivity index (χ2n) is 3.70. The van der Waals surface area contributed by atoms with Crippen molar-refractivity contribution in [3.05, 3.63) is 20.3 Å². The minimum absolute atomic E-state index is 0.108. The number of hydrogen-bond donors (Lipinski definition) is 0. The molecule has 0 atom stereocenters. The van der Waals surface area contributed by atoms with Crippen molar-refractivity contribution in [2.45, 2.75) is 26.2 Å². The first kappa shape index (κ1) is 9.93. The van der Waals surface area contributed by atoms with Crippen molar-refractivity contribution in [3.8, 4) is 0 Å². The Morgan fingerprint density at radius 2 is 2.08 bits per heavy atom. The highest BCUT2D eigenvalue weighted by Crippen LogP contribution is 2.35. The van der Waals surface area contributed by atoms with E-state index in [1.165, 1.54) is 16.9 Å². The average molecular weight is 247 g/mol. The predicted molar refractivity (Wildman–Crippen MR) is 56.1 cm³/mol. The van der Waals surface area contributed by atoms with Gasteiger partial charge in [-0.1, -0.05) is 20.8 Å². The maximum absolute atomic E-state index is 10.5. The van der Waals surface area contributed by atoms with Crippen LogP contribution in [0.25, 0.3) is 0 Å². The summed E-state index contributed by atoms with van der Waals surface area (Å²) < 4.78 is 0.954. The average Bonchev–Trinajstić information content (AvgIpc) is 2.29. The lowest BCUT2D eigenvalue weighted by molar-refractivity contribution is 0.112. The molecule has 1 aromatic heterocycles. The van der Waals surface area contributed by atoms with E-state index in [-0.39, 0.29) is 5.41 Å². The number of hydrogen-bond acceptors (Lipinski definition) is 2. The van der Waals surface area contributed by atoms with Crippen LogP contribution in [0.2, 0.25) is 0 Å². The van der Waals surface area contributed by atoms with Crippen LogP contribution in [0.4, 0.5) is 0 Å². The van der Waals surface area contributed by atoms with Gasteiger partial charge in [0.2, 0.25) is 0 Å². The van der Waals surface area contributed by atoms with Crippen molar-refractivity contribution >= 4 is 33.6 Å². The van der Waals surface area contributed by atoms with Gasteiger partial charge in [-0.2, -0.15) is 0 Å². The Balaban J connectivity index is 3.19. The molecule has 0 aliphatic heterocycles. The Kier molecular flexibility index (Phi) is 2.74. The first-order chi connectivity index (χ1) is 5.46. The van der Waals surface area contributed by atoms with Crippen molar-refractivity contribution in [1.82, 2.24) is 0 Å². The minimum Gasteiger partial charge on any atom is -0.297 e. The quantitative estimate of drug-likeness (QED) is 0.692. The molecule has 0 saturated carbocycles. The molecule has 1 aromatic rings. The number of carbonyl (C=O) groups is 1. The van der Waals surface area contributed by atoms with Crippen LogP contribution in [-0.4, -0.2) is 6.29 Å². The molecule has 0 aliphatic rings. The lowest BCUT2D eigenvalue weighted by Crippen LogP contribution is -2.10. The Morgan fingerprint density at radius 1 is 1.50 bits per heavy atom. The Hall–Kier alpha value is -0.150. The van der Waals surface area contributed by atoms with Gasteiger partial charge in [0.1, 0.15) is 0 Å². The van der Waals surface area contributed by atoms with Gasteiger partial charge in [0.05, 0.1) is 4.88 Å². The molecular weight excluding hydrogens is 236 g/mol. The van der Waals surface area contributed by atoms with Gasteiger partial charge in [0.25, 0.3) is 0 Å². The van der Waals surface area contributed by atoms with Crippen LogP contribution in [-0.2, 0) is 5.41 Å². The molecule has 0 unspecified atom stereocenters. The SMILES string of the molecule is CC(C)(C)c1csc(C=O)c1Br. The summed E-state index contributed by atoms with van der Waals surface area (Å²) in [6.45, 7) is 6.40. The smallest absolute Gasteiger partial charge is 0.161 e. The maximum atomic E-state index is 10.5. The van der Waals surface area contributed by atoms with Crippen molar-refractivity contribution in [3.63, 3.8) is 0 Å². The zero-order chi connectivity index (χ0) is 9.35. The topological polar surface area (TPSA) is 17.1 Å². The second kappa shape index (κ2) is 3.30. The standard InChI is InChI=1S/C9H11BrOS/c1-9(2,3)6-5-12-7(4-11)8(6)10/h4-5H,1-3H3. The summed E-state index contributed by atoms with van der Waals surface area (Å²) in [6, 6.07) is 0. The lowest BCUT2D eigenvalue weighted by Gasteiger charge is -2.17. The van der Waals surface area contributed by atoms with Crippen LogP contribution in [0.3, 0.4) is 0 Å². The highest BCUT2D eigenvalue weighted by molar-refractivity contribution is 9.10. The molecule has 0 spiro atoms. The molecule has 0 saturated heterocycles. The summed E-state index contributed by atoms with van der Waals surface area (Å²) in [6.07, 6.45) is 0.893. The molecule has 0 fully saturated rings. The molecule has 66 valence electrons. The molecule has 0 radical (unpaired) electrons. The second-order valence-corrected chi connectivity index (χ2v) is 5.40. The normalized spacial score (nSPS) is 11.7. The lowest BCUT2D eigenvalue weighted by atomic mass is 9.89. The van der Waals surface area contributed by atoms with E-state index in [2.05, 4.69) is 36.7 Å². The summed E-state index contributed by atoms with van der Waals surface area (Å²) in [5.74, 6) is 0. The Labute approximate surface area is 84.9 Å². The van der Waals surface area contributed by atoms with E-state index in [0.29, 0.717) is 0 Å². The Morgan fingerprint density at radius 3 is 2.33 bits per heavy atom. The van der Waals surface area contributed by atoms with Crippen LogP contribution in [0.15, 0.2) is 9.85 Å². The fraction of sp³-hybridized carbons (Fsp3) is 0.444. The van der Waals surface area contributed by atoms with E-state index < -0.39 is 0 Å². The van der Waals surface area contributed by atoms with Gasteiger partial charge in [-0.25, -0.2) is 0 Å². The third-order valence-corrected chi connectivity index (χ3v) is 3.70. The van der Waals surface area contributed by atoms with Gasteiger partial charge in [-0.15, -0.1) is 11.3 Å². The van der Waals surface area contributed by atoms with E-state index in [1.807, 2.05) is 5.38 Å². The van der Waals surface area contributed by atoms with Crippen LogP contribution in [0, 0.1) is 0 Å². The maximum Gasteiger partial charge on any atom is 0.161 e.